The first kappa shape index (κ1) is 22.2. The monoisotopic (exact) mass is 456 g/mol. The quantitative estimate of drug-likeness (QED) is 0.624. The third-order valence-corrected chi connectivity index (χ3v) is 6.94. The van der Waals surface area contributed by atoms with E-state index in [1.807, 2.05) is 0 Å². The molecule has 1 fully saturated rings. The second-order valence-electron chi connectivity index (χ2n) is 6.41. The van der Waals surface area contributed by atoms with Gasteiger partial charge in [-0.3, -0.25) is 4.79 Å². The molecule has 0 atom stereocenters. The fourth-order valence-electron chi connectivity index (χ4n) is 3.03. The molecule has 0 aromatic heterocycles. The Bertz CT molecular complexity index is 1040. The molecular weight excluding hydrogens is 438 g/mol. The molecule has 0 radical (unpaired) electrons. The third-order valence-electron chi connectivity index (χ3n) is 4.55. The van der Waals surface area contributed by atoms with Crippen LogP contribution >= 0.6 is 11.6 Å². The van der Waals surface area contributed by atoms with Crippen molar-refractivity contribution < 1.29 is 26.7 Å². The highest BCUT2D eigenvalue weighted by Gasteiger charge is 2.30. The molecule has 0 aliphatic carbocycles. The Morgan fingerprint density at radius 3 is 2.33 bits per heavy atom. The molecule has 30 heavy (non-hydrogen) atoms. The van der Waals surface area contributed by atoms with Crippen LogP contribution in [0.3, 0.4) is 0 Å². The SMILES string of the molecule is O=C(/C=C/c1ccccc1OC(F)F)N1CCN(S(=O)(=O)c2ccccc2Cl)CC1. The van der Waals surface area contributed by atoms with Gasteiger partial charge in [0.15, 0.2) is 0 Å². The van der Waals surface area contributed by atoms with E-state index in [1.54, 1.807) is 30.3 Å². The van der Waals surface area contributed by atoms with Crippen molar-refractivity contribution in [2.75, 3.05) is 26.2 Å². The number of rotatable bonds is 6. The Morgan fingerprint density at radius 1 is 1.03 bits per heavy atom. The minimum atomic E-state index is -3.76. The lowest BCUT2D eigenvalue weighted by Crippen LogP contribution is -2.50. The highest BCUT2D eigenvalue weighted by Crippen LogP contribution is 2.25. The lowest BCUT2D eigenvalue weighted by Gasteiger charge is -2.33. The maximum Gasteiger partial charge on any atom is 0.387 e. The molecule has 0 unspecified atom stereocenters. The van der Waals surface area contributed by atoms with E-state index in [0.29, 0.717) is 5.56 Å². The molecule has 1 aliphatic rings. The zero-order chi connectivity index (χ0) is 21.7. The van der Waals surface area contributed by atoms with E-state index < -0.39 is 16.6 Å². The Labute approximate surface area is 178 Å². The number of piperazine rings is 1. The average Bonchev–Trinajstić information content (AvgIpc) is 2.73. The van der Waals surface area contributed by atoms with E-state index in [2.05, 4.69) is 4.74 Å². The van der Waals surface area contributed by atoms with Gasteiger partial charge < -0.3 is 9.64 Å². The molecule has 0 spiro atoms. The van der Waals surface area contributed by atoms with Gasteiger partial charge in [0.25, 0.3) is 0 Å². The highest BCUT2D eigenvalue weighted by atomic mass is 35.5. The Kier molecular flexibility index (Phi) is 7.06. The van der Waals surface area contributed by atoms with E-state index >= 15 is 0 Å². The average molecular weight is 457 g/mol. The minimum Gasteiger partial charge on any atom is -0.434 e. The maximum atomic E-state index is 12.8. The van der Waals surface area contributed by atoms with Gasteiger partial charge in [-0.15, -0.1) is 0 Å². The number of para-hydroxylation sites is 1. The fourth-order valence-corrected chi connectivity index (χ4v) is 4.95. The first-order valence-corrected chi connectivity index (χ1v) is 10.9. The zero-order valence-electron chi connectivity index (χ0n) is 15.7. The van der Waals surface area contributed by atoms with Gasteiger partial charge in [0.1, 0.15) is 10.6 Å². The van der Waals surface area contributed by atoms with Crippen molar-refractivity contribution in [2.24, 2.45) is 0 Å². The summed E-state index contributed by atoms with van der Waals surface area (Å²) in [5.74, 6) is -0.385. The van der Waals surface area contributed by atoms with Gasteiger partial charge in [0, 0.05) is 37.8 Å². The van der Waals surface area contributed by atoms with Gasteiger partial charge in [0.2, 0.25) is 15.9 Å². The number of hydrogen-bond donors (Lipinski definition) is 0. The van der Waals surface area contributed by atoms with Crippen LogP contribution in [0.4, 0.5) is 8.78 Å². The van der Waals surface area contributed by atoms with E-state index in [0.717, 1.165) is 0 Å². The number of halogens is 3. The first-order valence-electron chi connectivity index (χ1n) is 9.04. The third kappa shape index (κ3) is 5.16. The van der Waals surface area contributed by atoms with Crippen molar-refractivity contribution in [1.82, 2.24) is 9.21 Å². The van der Waals surface area contributed by atoms with Crippen LogP contribution < -0.4 is 4.74 Å². The molecule has 2 aromatic rings. The molecule has 3 rings (SSSR count). The number of ether oxygens (including phenoxy) is 1. The van der Waals surface area contributed by atoms with Crippen molar-refractivity contribution >= 4 is 33.6 Å². The van der Waals surface area contributed by atoms with Crippen LogP contribution in [0, 0.1) is 0 Å². The van der Waals surface area contributed by atoms with E-state index in [9.17, 15) is 22.0 Å². The summed E-state index contributed by atoms with van der Waals surface area (Å²) in [6.45, 7) is -2.33. The predicted octanol–water partition coefficient (Wildman–Crippen LogP) is 3.49. The number of nitrogens with zero attached hydrogens (tertiary/aromatic N) is 2. The summed E-state index contributed by atoms with van der Waals surface area (Å²) in [6.07, 6.45) is 2.65. The number of carbonyl (C=O) groups excluding carboxylic acids is 1. The van der Waals surface area contributed by atoms with Crippen LogP contribution in [0.15, 0.2) is 59.5 Å². The maximum absolute atomic E-state index is 12.8. The van der Waals surface area contributed by atoms with Crippen molar-refractivity contribution in [2.45, 2.75) is 11.5 Å². The Morgan fingerprint density at radius 2 is 1.67 bits per heavy atom. The number of sulfonamides is 1. The van der Waals surface area contributed by atoms with Gasteiger partial charge >= 0.3 is 6.61 Å². The molecule has 1 heterocycles. The second kappa shape index (κ2) is 9.55. The van der Waals surface area contributed by atoms with Crippen LogP contribution in [0.5, 0.6) is 5.75 Å². The molecule has 1 amide bonds. The minimum absolute atomic E-state index is 0.0296. The Hall–Kier alpha value is -2.49. The normalized spacial score (nSPS) is 15.7. The summed E-state index contributed by atoms with van der Waals surface area (Å²) in [4.78, 5) is 14.0. The lowest BCUT2D eigenvalue weighted by atomic mass is 10.2. The summed E-state index contributed by atoms with van der Waals surface area (Å²) in [7, 11) is -3.76. The number of hydrogen-bond acceptors (Lipinski definition) is 4. The predicted molar refractivity (Wildman–Crippen MR) is 109 cm³/mol. The molecule has 160 valence electrons. The van der Waals surface area contributed by atoms with Crippen LogP contribution in [0.25, 0.3) is 6.08 Å². The fraction of sp³-hybridized carbons (Fsp3) is 0.250. The lowest BCUT2D eigenvalue weighted by molar-refractivity contribution is -0.127. The zero-order valence-corrected chi connectivity index (χ0v) is 17.3. The molecule has 1 saturated heterocycles. The molecule has 10 heteroatoms. The largest absolute Gasteiger partial charge is 0.434 e. The molecule has 1 aliphatic heterocycles. The van der Waals surface area contributed by atoms with Crippen molar-refractivity contribution in [3.8, 4) is 5.75 Å². The molecule has 2 aromatic carbocycles. The molecule has 6 nitrogen and oxygen atoms in total. The van der Waals surface area contributed by atoms with E-state index in [-0.39, 0.29) is 47.8 Å². The molecular formula is C20H19ClF2N2O4S. The van der Waals surface area contributed by atoms with Crippen LogP contribution in [-0.4, -0.2) is 56.3 Å². The molecule has 0 bridgehead atoms. The molecule has 0 N–H and O–H groups in total. The van der Waals surface area contributed by atoms with Gasteiger partial charge in [-0.1, -0.05) is 41.9 Å². The second-order valence-corrected chi connectivity index (χ2v) is 8.72. The summed E-state index contributed by atoms with van der Waals surface area (Å²) < 4.78 is 56.2. The van der Waals surface area contributed by atoms with Crippen LogP contribution in [0.1, 0.15) is 5.56 Å². The summed E-state index contributed by atoms with van der Waals surface area (Å²) in [5, 5.41) is 0.142. The standard InChI is InChI=1S/C20H19ClF2N2O4S/c21-16-6-2-4-8-18(16)30(27,28)25-13-11-24(12-14-25)19(26)10-9-15-5-1-3-7-17(15)29-20(22)23/h1-10,20H,11-14H2/b10-9+. The summed E-state index contributed by atoms with van der Waals surface area (Å²) in [5.41, 5.74) is 0.339. The number of alkyl halides is 2. The van der Waals surface area contributed by atoms with Crippen molar-refractivity contribution in [1.29, 1.82) is 0 Å². The topological polar surface area (TPSA) is 66.9 Å². The van der Waals surface area contributed by atoms with Gasteiger partial charge in [0.05, 0.1) is 5.02 Å². The summed E-state index contributed by atoms with van der Waals surface area (Å²) >= 11 is 6.01. The van der Waals surface area contributed by atoms with Crippen molar-refractivity contribution in [3.63, 3.8) is 0 Å². The highest BCUT2D eigenvalue weighted by molar-refractivity contribution is 7.89. The van der Waals surface area contributed by atoms with Gasteiger partial charge in [-0.05, 0) is 24.3 Å². The van der Waals surface area contributed by atoms with E-state index in [1.165, 1.54) is 39.6 Å². The smallest absolute Gasteiger partial charge is 0.387 e. The van der Waals surface area contributed by atoms with Crippen LogP contribution in [0.2, 0.25) is 5.02 Å². The molecule has 0 saturated carbocycles. The number of benzene rings is 2. The Balaban J connectivity index is 1.64. The van der Waals surface area contributed by atoms with Crippen LogP contribution in [-0.2, 0) is 14.8 Å². The first-order chi connectivity index (χ1) is 14.3. The number of amides is 1. The van der Waals surface area contributed by atoms with Gasteiger partial charge in [-0.25, -0.2) is 8.42 Å². The van der Waals surface area contributed by atoms with E-state index in [4.69, 9.17) is 11.6 Å². The summed E-state index contributed by atoms with van der Waals surface area (Å²) in [6, 6.07) is 12.3. The van der Waals surface area contributed by atoms with Gasteiger partial charge in [-0.2, -0.15) is 13.1 Å². The van der Waals surface area contributed by atoms with Crippen molar-refractivity contribution in [3.05, 3.63) is 65.2 Å². The number of carbonyl (C=O) groups is 1.